The van der Waals surface area contributed by atoms with Crippen LogP contribution in [0.15, 0.2) is 291 Å². The largest absolute Gasteiger partial charge is 0.309 e. The summed E-state index contributed by atoms with van der Waals surface area (Å²) in [4.78, 5) is 13.1. The van der Waals surface area contributed by atoms with Crippen molar-refractivity contribution in [2.45, 2.75) is 11.8 Å². The van der Waals surface area contributed by atoms with Gasteiger partial charge in [-0.05, 0) is 102 Å². The van der Waals surface area contributed by atoms with Crippen molar-refractivity contribution < 1.29 is 0 Å². The van der Waals surface area contributed by atoms with Gasteiger partial charge in [0.25, 0.3) is 0 Å². The number of hydrogen-bond donors (Lipinski definition) is 0. The van der Waals surface area contributed by atoms with Gasteiger partial charge < -0.3 is 9.13 Å². The maximum Gasteiger partial charge on any atom is 0.186 e. The van der Waals surface area contributed by atoms with Crippen molar-refractivity contribution in [2.24, 2.45) is 0 Å². The van der Waals surface area contributed by atoms with Crippen LogP contribution in [0.1, 0.15) is 23.2 Å². The van der Waals surface area contributed by atoms with E-state index < -0.39 is 16.1 Å². The lowest BCUT2D eigenvalue weighted by Gasteiger charge is -2.44. The van der Waals surface area contributed by atoms with Crippen LogP contribution in [0, 0.1) is 0 Å². The van der Waals surface area contributed by atoms with Gasteiger partial charge in [-0.25, -0.2) is 9.97 Å². The van der Waals surface area contributed by atoms with Gasteiger partial charge in [-0.15, -0.1) is 0 Å². The van der Waals surface area contributed by atoms with Crippen LogP contribution in [-0.2, 0) is 0 Å². The molecule has 7 heteroatoms. The number of hydrogen-bond acceptors (Lipinski definition) is 3. The molecule has 12 aromatic rings. The Morgan fingerprint density at radius 1 is 0.440 bits per heavy atom. The number of imidazole rings is 1. The van der Waals surface area contributed by atoms with Crippen molar-refractivity contribution in [3.8, 4) is 11.4 Å². The van der Waals surface area contributed by atoms with Gasteiger partial charge in [-0.3, -0.25) is 4.90 Å². The summed E-state index contributed by atoms with van der Waals surface area (Å²) in [6, 6.07) is 93.0. The van der Waals surface area contributed by atoms with E-state index in [0.717, 1.165) is 28.7 Å². The number of anilines is 3. The first-order chi connectivity index (χ1) is 37.2. The fourth-order valence-corrected chi connectivity index (χ4v) is 23.3. The molecule has 5 heterocycles. The van der Waals surface area contributed by atoms with Crippen LogP contribution >= 0.6 is 0 Å². The smallest absolute Gasteiger partial charge is 0.186 e. The molecule has 0 spiro atoms. The third kappa shape index (κ3) is 6.35. The highest BCUT2D eigenvalue weighted by Gasteiger charge is 2.51. The molecule has 3 aliphatic rings. The lowest BCUT2D eigenvalue weighted by atomic mass is 9.79. The van der Waals surface area contributed by atoms with E-state index in [1.54, 1.807) is 0 Å². The molecule has 15 rings (SSSR count). The maximum atomic E-state index is 5.53. The van der Waals surface area contributed by atoms with E-state index in [0.29, 0.717) is 0 Å². The van der Waals surface area contributed by atoms with Gasteiger partial charge in [0.1, 0.15) is 11.6 Å². The average Bonchev–Trinajstić information content (AvgIpc) is 4.25. The second kappa shape index (κ2) is 17.2. The number of nitrogens with zero attached hydrogens (tertiary/aromatic N) is 5. The molecule has 0 amide bonds. The molecule has 2 unspecified atom stereocenters. The Labute approximate surface area is 438 Å². The van der Waals surface area contributed by atoms with Crippen molar-refractivity contribution >= 4 is 91.5 Å². The minimum absolute atomic E-state index is 0.0527. The second-order valence-electron chi connectivity index (χ2n) is 20.0. The predicted molar refractivity (Wildman–Crippen MR) is 314 cm³/mol. The van der Waals surface area contributed by atoms with Gasteiger partial charge in [-0.2, -0.15) is 0 Å². The highest BCUT2D eigenvalue weighted by atomic mass is 28.3. The molecule has 9 aromatic carbocycles. The number of aromatic nitrogens is 4. The van der Waals surface area contributed by atoms with Crippen LogP contribution in [0.25, 0.3) is 33.2 Å². The normalized spacial score (nSPS) is 16.1. The lowest BCUT2D eigenvalue weighted by Crippen LogP contribution is -2.77. The molecule has 0 fully saturated rings. The van der Waals surface area contributed by atoms with Gasteiger partial charge in [0.05, 0.1) is 16.7 Å². The summed E-state index contributed by atoms with van der Waals surface area (Å²) >= 11 is 0. The van der Waals surface area contributed by atoms with Crippen LogP contribution in [-0.4, -0.2) is 35.2 Å². The lowest BCUT2D eigenvalue weighted by molar-refractivity contribution is 0.633. The Kier molecular flexibility index (Phi) is 9.98. The average molecular weight is 992 g/mol. The summed E-state index contributed by atoms with van der Waals surface area (Å²) in [5, 5.41) is 12.9. The van der Waals surface area contributed by atoms with E-state index in [4.69, 9.17) is 9.97 Å². The number of rotatable bonds is 8. The number of benzene rings is 9. The Hall–Kier alpha value is -9.15. The Bertz CT molecular complexity index is 4130. The number of pyridine rings is 1. The maximum absolute atomic E-state index is 5.53. The topological polar surface area (TPSA) is 38.9 Å². The third-order valence-corrected chi connectivity index (χ3v) is 26.0. The van der Waals surface area contributed by atoms with E-state index in [1.165, 1.54) is 74.6 Å². The van der Waals surface area contributed by atoms with E-state index in [2.05, 4.69) is 287 Å². The molecule has 1 aliphatic carbocycles. The summed E-state index contributed by atoms with van der Waals surface area (Å²) < 4.78 is 4.77. The van der Waals surface area contributed by atoms with Crippen molar-refractivity contribution in [2.75, 3.05) is 4.90 Å². The second-order valence-corrected chi connectivity index (χ2v) is 27.6. The van der Waals surface area contributed by atoms with E-state index in [9.17, 15) is 0 Å². The molecular weight excluding hydrogens is 943 g/mol. The highest BCUT2D eigenvalue weighted by molar-refractivity contribution is 7.21. The first-order valence-corrected chi connectivity index (χ1v) is 30.0. The van der Waals surface area contributed by atoms with Crippen molar-refractivity contribution in [3.05, 3.63) is 302 Å². The standard InChI is InChI=1S/C68H49N5Si2/c1-6-22-48(23-7-1)72-62-37-19-17-35-58(62)59-46-64-66(47-63(59)72)75(52-29-12-4-13-30-52,53-31-14-5-15-32-53)65-38-21-41-69-68(65)73(64)49-24-20-33-54(44-49)74(50-25-8-2-9-26-50,51-27-10-3-11-28-51)55-39-40-56-57-34-16-18-36-61(57)71-43-42-70-67(71)60(56)45-55/h1-47,56,60H. The van der Waals surface area contributed by atoms with Gasteiger partial charge in [0, 0.05) is 58.3 Å². The number of para-hydroxylation sites is 3. The fourth-order valence-electron chi connectivity index (χ4n) is 13.4. The van der Waals surface area contributed by atoms with Crippen LogP contribution in [0.3, 0.4) is 0 Å². The third-order valence-electron chi connectivity index (χ3n) is 16.4. The van der Waals surface area contributed by atoms with Crippen LogP contribution in [0.4, 0.5) is 17.2 Å². The zero-order valence-electron chi connectivity index (χ0n) is 41.0. The summed E-state index contributed by atoms with van der Waals surface area (Å²) in [6.07, 6.45) is 13.6. The first-order valence-electron chi connectivity index (χ1n) is 26.0. The van der Waals surface area contributed by atoms with Crippen molar-refractivity contribution in [3.63, 3.8) is 0 Å². The van der Waals surface area contributed by atoms with E-state index in [1.807, 2.05) is 12.4 Å². The van der Waals surface area contributed by atoms with Crippen molar-refractivity contribution in [1.82, 2.24) is 19.1 Å². The molecule has 0 N–H and O–H groups in total. The molecule has 75 heavy (non-hydrogen) atoms. The molecule has 2 aliphatic heterocycles. The summed E-state index contributed by atoms with van der Waals surface area (Å²) in [6.45, 7) is 0. The number of fused-ring (bicyclic) bond motifs is 11. The van der Waals surface area contributed by atoms with E-state index in [-0.39, 0.29) is 11.8 Å². The zero-order valence-corrected chi connectivity index (χ0v) is 43.0. The molecule has 0 bridgehead atoms. The Morgan fingerprint density at radius 2 is 1.07 bits per heavy atom. The van der Waals surface area contributed by atoms with Crippen LogP contribution in [0.2, 0.25) is 0 Å². The minimum atomic E-state index is -3.12. The molecule has 0 radical (unpaired) electrons. The first kappa shape index (κ1) is 43.4. The fraction of sp³-hybridized carbons (Fsp3) is 0.0294. The van der Waals surface area contributed by atoms with E-state index >= 15 is 0 Å². The quantitative estimate of drug-likeness (QED) is 0.112. The molecule has 0 saturated heterocycles. The monoisotopic (exact) mass is 991 g/mol. The molecule has 354 valence electrons. The minimum Gasteiger partial charge on any atom is -0.309 e. The molecule has 2 atom stereocenters. The summed E-state index contributed by atoms with van der Waals surface area (Å²) in [5.74, 6) is 2.26. The van der Waals surface area contributed by atoms with Gasteiger partial charge >= 0.3 is 0 Å². The highest BCUT2D eigenvalue weighted by Crippen LogP contribution is 2.47. The van der Waals surface area contributed by atoms with Gasteiger partial charge in [0.15, 0.2) is 16.1 Å². The van der Waals surface area contributed by atoms with Crippen LogP contribution in [0.5, 0.6) is 0 Å². The van der Waals surface area contributed by atoms with Gasteiger partial charge in [-0.1, -0.05) is 212 Å². The van der Waals surface area contributed by atoms with Gasteiger partial charge in [0.2, 0.25) is 0 Å². The van der Waals surface area contributed by atoms with Crippen molar-refractivity contribution in [1.29, 1.82) is 0 Å². The predicted octanol–water partition coefficient (Wildman–Crippen LogP) is 10.9. The molecule has 5 nitrogen and oxygen atoms in total. The zero-order chi connectivity index (χ0) is 49.5. The Balaban J connectivity index is 1.03. The molecule has 3 aromatic heterocycles. The summed E-state index contributed by atoms with van der Waals surface area (Å²) in [7, 11) is -6.25. The number of allylic oxidation sites excluding steroid dienone is 4. The summed E-state index contributed by atoms with van der Waals surface area (Å²) in [5.41, 5.74) is 8.27. The Morgan fingerprint density at radius 3 is 1.80 bits per heavy atom. The molecular formula is C68H49N5Si2. The van der Waals surface area contributed by atoms with Crippen LogP contribution < -0.4 is 41.2 Å². The SMILES string of the molecule is C1=CC2c3ccccc3-n3ccnc3C2C=C1[Si](c1ccccc1)(c1ccccc1)c1cccc(N2c3cc4c5ccccc5n(-c5ccccc5)c4cc3[Si](c3ccccc3)(c3ccccc3)c3cccnc32)c1. The molecule has 0 saturated carbocycles.